The predicted molar refractivity (Wildman–Crippen MR) is 64.7 cm³/mol. The third kappa shape index (κ3) is 1.14. The van der Waals surface area contributed by atoms with Crippen molar-refractivity contribution in [3.63, 3.8) is 0 Å². The molecule has 0 bridgehead atoms. The van der Waals surface area contributed by atoms with Gasteiger partial charge in [-0.1, -0.05) is 26.0 Å². The van der Waals surface area contributed by atoms with E-state index >= 15 is 0 Å². The van der Waals surface area contributed by atoms with Crippen molar-refractivity contribution >= 4 is 16.9 Å². The quantitative estimate of drug-likeness (QED) is 0.678. The lowest BCUT2D eigenvalue weighted by Crippen LogP contribution is -2.47. The maximum atomic E-state index is 11.8. The SMILES string of the molecule is CC.CC1(C)C(=O)n2c1nc1ccccc12. The Kier molecular flexibility index (Phi) is 2.34. The first-order valence-corrected chi connectivity index (χ1v) is 5.65. The van der Waals surface area contributed by atoms with Crippen LogP contribution >= 0.6 is 0 Å². The van der Waals surface area contributed by atoms with Crippen LogP contribution in [0.3, 0.4) is 0 Å². The molecule has 3 rings (SSSR count). The molecule has 0 saturated carbocycles. The molecule has 84 valence electrons. The number of benzene rings is 1. The van der Waals surface area contributed by atoms with Crippen LogP contribution in [0.15, 0.2) is 24.3 Å². The lowest BCUT2D eigenvalue weighted by atomic mass is 9.85. The van der Waals surface area contributed by atoms with Crippen molar-refractivity contribution in [1.29, 1.82) is 0 Å². The number of rotatable bonds is 0. The van der Waals surface area contributed by atoms with Crippen molar-refractivity contribution in [1.82, 2.24) is 9.55 Å². The molecule has 0 aliphatic carbocycles. The number of nitrogens with zero attached hydrogens (tertiary/aromatic N) is 2. The molecule has 3 nitrogen and oxygen atoms in total. The van der Waals surface area contributed by atoms with Gasteiger partial charge >= 0.3 is 0 Å². The van der Waals surface area contributed by atoms with Gasteiger partial charge < -0.3 is 0 Å². The summed E-state index contributed by atoms with van der Waals surface area (Å²) in [5, 5.41) is 0. The van der Waals surface area contributed by atoms with Crippen LogP contribution in [0.1, 0.15) is 38.3 Å². The van der Waals surface area contributed by atoms with Gasteiger partial charge in [-0.05, 0) is 26.0 Å². The molecule has 1 aliphatic heterocycles. The molecule has 0 saturated heterocycles. The lowest BCUT2D eigenvalue weighted by molar-refractivity contribution is 0.0731. The highest BCUT2D eigenvalue weighted by Crippen LogP contribution is 2.37. The molecule has 3 heteroatoms. The third-order valence-electron chi connectivity index (χ3n) is 2.86. The largest absolute Gasteiger partial charge is 0.273 e. The van der Waals surface area contributed by atoms with Crippen molar-refractivity contribution in [2.24, 2.45) is 0 Å². The molecule has 0 atom stereocenters. The van der Waals surface area contributed by atoms with E-state index in [1.165, 1.54) is 0 Å². The first-order chi connectivity index (χ1) is 7.62. The number of carbonyl (C=O) groups is 1. The summed E-state index contributed by atoms with van der Waals surface area (Å²) in [6.45, 7) is 7.83. The molecule has 2 heterocycles. The molecular formula is C13H16N2O. The van der Waals surface area contributed by atoms with Crippen molar-refractivity contribution in [3.05, 3.63) is 30.1 Å². The fraction of sp³-hybridized carbons (Fsp3) is 0.385. The number of para-hydroxylation sites is 2. The Labute approximate surface area is 95.1 Å². The Morgan fingerprint density at radius 1 is 1.19 bits per heavy atom. The minimum atomic E-state index is -0.404. The van der Waals surface area contributed by atoms with Crippen molar-refractivity contribution in [2.75, 3.05) is 0 Å². The summed E-state index contributed by atoms with van der Waals surface area (Å²) in [5.74, 6) is 1.02. The minimum Gasteiger partial charge on any atom is -0.273 e. The van der Waals surface area contributed by atoms with Gasteiger partial charge in [-0.25, -0.2) is 4.98 Å². The van der Waals surface area contributed by atoms with Crippen LogP contribution in [0.5, 0.6) is 0 Å². The summed E-state index contributed by atoms with van der Waals surface area (Å²) in [6, 6.07) is 7.73. The third-order valence-corrected chi connectivity index (χ3v) is 2.86. The molecule has 1 aromatic heterocycles. The van der Waals surface area contributed by atoms with E-state index in [0.717, 1.165) is 16.9 Å². The average molecular weight is 216 g/mol. The maximum Gasteiger partial charge on any atom is 0.245 e. The summed E-state index contributed by atoms with van der Waals surface area (Å²) >= 11 is 0. The van der Waals surface area contributed by atoms with Crippen LogP contribution in [0, 0.1) is 0 Å². The molecule has 1 aliphatic rings. The van der Waals surface area contributed by atoms with Gasteiger partial charge in [-0.3, -0.25) is 9.36 Å². The summed E-state index contributed by atoms with van der Waals surface area (Å²) in [7, 11) is 0. The van der Waals surface area contributed by atoms with Crippen LogP contribution < -0.4 is 0 Å². The molecule has 0 unspecified atom stereocenters. The number of hydrogen-bond donors (Lipinski definition) is 0. The van der Waals surface area contributed by atoms with Crippen molar-refractivity contribution in [2.45, 2.75) is 33.1 Å². The fourth-order valence-corrected chi connectivity index (χ4v) is 1.97. The van der Waals surface area contributed by atoms with Gasteiger partial charge in [0, 0.05) is 0 Å². The van der Waals surface area contributed by atoms with E-state index in [0.29, 0.717) is 0 Å². The first-order valence-electron chi connectivity index (χ1n) is 5.65. The zero-order valence-electron chi connectivity index (χ0n) is 10.1. The van der Waals surface area contributed by atoms with E-state index in [2.05, 4.69) is 4.98 Å². The summed E-state index contributed by atoms with van der Waals surface area (Å²) in [4.78, 5) is 16.2. The van der Waals surface area contributed by atoms with Gasteiger partial charge in [0.2, 0.25) is 5.91 Å². The van der Waals surface area contributed by atoms with E-state index in [9.17, 15) is 4.79 Å². The zero-order chi connectivity index (χ0) is 11.9. The Hall–Kier alpha value is -1.64. The van der Waals surface area contributed by atoms with E-state index in [1.54, 1.807) is 4.57 Å². The van der Waals surface area contributed by atoms with Crippen LogP contribution in [-0.4, -0.2) is 15.5 Å². The van der Waals surface area contributed by atoms with E-state index in [1.807, 2.05) is 52.0 Å². The van der Waals surface area contributed by atoms with Crippen molar-refractivity contribution in [3.8, 4) is 0 Å². The van der Waals surface area contributed by atoms with Crippen molar-refractivity contribution < 1.29 is 4.79 Å². The van der Waals surface area contributed by atoms with Crippen LogP contribution in [-0.2, 0) is 5.41 Å². The second-order valence-corrected chi connectivity index (χ2v) is 4.19. The molecule has 1 aromatic carbocycles. The Balaban J connectivity index is 0.000000457. The van der Waals surface area contributed by atoms with Gasteiger partial charge in [-0.2, -0.15) is 0 Å². The molecular weight excluding hydrogens is 200 g/mol. The first kappa shape index (κ1) is 10.9. The molecule has 2 aromatic rings. The molecule has 16 heavy (non-hydrogen) atoms. The molecule has 0 radical (unpaired) electrons. The molecule has 0 fully saturated rings. The average Bonchev–Trinajstić information content (AvgIpc) is 2.69. The second kappa shape index (κ2) is 3.44. The fourth-order valence-electron chi connectivity index (χ4n) is 1.97. The van der Waals surface area contributed by atoms with Gasteiger partial charge in [0.05, 0.1) is 11.0 Å². The monoisotopic (exact) mass is 216 g/mol. The smallest absolute Gasteiger partial charge is 0.245 e. The predicted octanol–water partition coefficient (Wildman–Crippen LogP) is 2.99. The number of carbonyl (C=O) groups excluding carboxylic acids is 1. The van der Waals surface area contributed by atoms with Crippen LogP contribution in [0.4, 0.5) is 0 Å². The summed E-state index contributed by atoms with van der Waals surface area (Å²) in [6.07, 6.45) is 0. The van der Waals surface area contributed by atoms with Crippen LogP contribution in [0.25, 0.3) is 11.0 Å². The topological polar surface area (TPSA) is 34.9 Å². The van der Waals surface area contributed by atoms with E-state index in [-0.39, 0.29) is 5.91 Å². The second-order valence-electron chi connectivity index (χ2n) is 4.19. The number of fused-ring (bicyclic) bond motifs is 3. The summed E-state index contributed by atoms with van der Waals surface area (Å²) < 4.78 is 1.70. The van der Waals surface area contributed by atoms with Gasteiger partial charge in [0.1, 0.15) is 11.2 Å². The Morgan fingerprint density at radius 2 is 1.81 bits per heavy atom. The van der Waals surface area contributed by atoms with E-state index in [4.69, 9.17) is 0 Å². The lowest BCUT2D eigenvalue weighted by Gasteiger charge is -2.33. The Bertz CT molecular complexity index is 552. The normalized spacial score (nSPS) is 16.1. The number of aromatic nitrogens is 2. The minimum absolute atomic E-state index is 0.140. The highest BCUT2D eigenvalue weighted by molar-refractivity contribution is 6.03. The highest BCUT2D eigenvalue weighted by atomic mass is 16.2. The van der Waals surface area contributed by atoms with Gasteiger partial charge in [-0.15, -0.1) is 0 Å². The zero-order valence-corrected chi connectivity index (χ0v) is 10.1. The van der Waals surface area contributed by atoms with Gasteiger partial charge in [0.25, 0.3) is 0 Å². The molecule has 0 N–H and O–H groups in total. The Morgan fingerprint density at radius 3 is 2.50 bits per heavy atom. The number of imidazole rings is 1. The maximum absolute atomic E-state index is 11.8. The van der Waals surface area contributed by atoms with E-state index < -0.39 is 5.41 Å². The standard InChI is InChI=1S/C11H10N2O.C2H6/c1-11(2)9-12-7-5-3-4-6-8(7)13(9)10(11)14;1-2/h3-6H,1-2H3;1-2H3. The van der Waals surface area contributed by atoms with Crippen LogP contribution in [0.2, 0.25) is 0 Å². The highest BCUT2D eigenvalue weighted by Gasteiger charge is 2.47. The summed E-state index contributed by atoms with van der Waals surface area (Å²) in [5.41, 5.74) is 1.42. The molecule has 0 amide bonds. The molecule has 0 spiro atoms. The van der Waals surface area contributed by atoms with Gasteiger partial charge in [0.15, 0.2) is 0 Å². The number of hydrogen-bond acceptors (Lipinski definition) is 2.